The monoisotopic (exact) mass is 322 g/mol. The van der Waals surface area contributed by atoms with Crippen LogP contribution in [0.15, 0.2) is 53.7 Å². The molecule has 0 aromatic carbocycles. The fraction of sp³-hybridized carbons (Fsp3) is 0.294. The van der Waals surface area contributed by atoms with Gasteiger partial charge >= 0.3 is 0 Å². The minimum atomic E-state index is 0.770. The Morgan fingerprint density at radius 3 is 2.54 bits per heavy atom. The van der Waals surface area contributed by atoms with E-state index in [-0.39, 0.29) is 0 Å². The Morgan fingerprint density at radius 2 is 1.79 bits per heavy atom. The number of aromatic nitrogens is 4. The van der Waals surface area contributed by atoms with Gasteiger partial charge in [-0.2, -0.15) is 0 Å². The second kappa shape index (κ2) is 6.76. The maximum Gasteiger partial charge on any atom is 0.151 e. The van der Waals surface area contributed by atoms with Gasteiger partial charge in [0.25, 0.3) is 0 Å². The zero-order chi connectivity index (χ0) is 16.2. The fourth-order valence-electron chi connectivity index (χ4n) is 2.86. The SMILES string of the molecule is c1cc(-c2cc(CN3CCN(c4cnccn4)CC3)on2)ccn1. The molecule has 0 aliphatic carbocycles. The molecule has 3 aromatic rings. The Balaban J connectivity index is 1.35. The van der Waals surface area contributed by atoms with E-state index in [0.717, 1.165) is 55.6 Å². The largest absolute Gasteiger partial charge is 0.359 e. The molecular formula is C17H18N6O. The Labute approximate surface area is 140 Å². The number of hydrogen-bond donors (Lipinski definition) is 0. The van der Waals surface area contributed by atoms with E-state index >= 15 is 0 Å². The Morgan fingerprint density at radius 1 is 0.958 bits per heavy atom. The van der Waals surface area contributed by atoms with Crippen molar-refractivity contribution in [2.45, 2.75) is 6.54 Å². The molecule has 3 aromatic heterocycles. The van der Waals surface area contributed by atoms with Gasteiger partial charge in [-0.3, -0.25) is 14.9 Å². The van der Waals surface area contributed by atoms with E-state index in [4.69, 9.17) is 4.52 Å². The van der Waals surface area contributed by atoms with Crippen LogP contribution in [0.2, 0.25) is 0 Å². The topological polar surface area (TPSA) is 71.2 Å². The molecule has 1 aliphatic rings. The van der Waals surface area contributed by atoms with E-state index in [0.29, 0.717) is 0 Å². The summed E-state index contributed by atoms with van der Waals surface area (Å²) in [5.41, 5.74) is 1.87. The van der Waals surface area contributed by atoms with Crippen LogP contribution in [0.4, 0.5) is 5.82 Å². The average Bonchev–Trinajstić information content (AvgIpc) is 3.12. The van der Waals surface area contributed by atoms with Crippen LogP contribution in [0.25, 0.3) is 11.3 Å². The second-order valence-corrected chi connectivity index (χ2v) is 5.74. The predicted molar refractivity (Wildman–Crippen MR) is 89.3 cm³/mol. The van der Waals surface area contributed by atoms with Crippen LogP contribution in [0.3, 0.4) is 0 Å². The lowest BCUT2D eigenvalue weighted by Crippen LogP contribution is -2.46. The Hall–Kier alpha value is -2.80. The number of rotatable bonds is 4. The van der Waals surface area contributed by atoms with E-state index in [1.165, 1.54) is 0 Å². The molecule has 24 heavy (non-hydrogen) atoms. The zero-order valence-electron chi connectivity index (χ0n) is 13.2. The van der Waals surface area contributed by atoms with Gasteiger partial charge in [0.15, 0.2) is 5.76 Å². The first-order chi connectivity index (χ1) is 11.9. The molecule has 0 radical (unpaired) electrons. The smallest absolute Gasteiger partial charge is 0.151 e. The number of anilines is 1. The maximum absolute atomic E-state index is 5.49. The minimum Gasteiger partial charge on any atom is -0.359 e. The van der Waals surface area contributed by atoms with Crippen LogP contribution in [0.5, 0.6) is 0 Å². The summed E-state index contributed by atoms with van der Waals surface area (Å²) >= 11 is 0. The van der Waals surface area contributed by atoms with Crippen molar-refractivity contribution in [3.8, 4) is 11.3 Å². The van der Waals surface area contributed by atoms with Gasteiger partial charge in [-0.05, 0) is 12.1 Å². The van der Waals surface area contributed by atoms with Crippen LogP contribution in [0.1, 0.15) is 5.76 Å². The van der Waals surface area contributed by atoms with Crippen molar-refractivity contribution < 1.29 is 4.52 Å². The molecule has 0 unspecified atom stereocenters. The predicted octanol–water partition coefficient (Wildman–Crippen LogP) is 1.85. The Bertz CT molecular complexity index is 768. The molecule has 4 rings (SSSR count). The van der Waals surface area contributed by atoms with E-state index in [9.17, 15) is 0 Å². The average molecular weight is 322 g/mol. The van der Waals surface area contributed by atoms with Crippen molar-refractivity contribution in [3.63, 3.8) is 0 Å². The third kappa shape index (κ3) is 3.26. The molecule has 1 saturated heterocycles. The van der Waals surface area contributed by atoms with Gasteiger partial charge in [-0.25, -0.2) is 4.98 Å². The molecule has 0 amide bonds. The highest BCUT2D eigenvalue weighted by Crippen LogP contribution is 2.20. The zero-order valence-corrected chi connectivity index (χ0v) is 13.2. The Kier molecular flexibility index (Phi) is 4.16. The normalized spacial score (nSPS) is 15.6. The summed E-state index contributed by atoms with van der Waals surface area (Å²) in [4.78, 5) is 17.1. The van der Waals surface area contributed by atoms with Gasteiger partial charge in [0.1, 0.15) is 11.5 Å². The lowest BCUT2D eigenvalue weighted by Gasteiger charge is -2.34. The van der Waals surface area contributed by atoms with Crippen LogP contribution < -0.4 is 4.90 Å². The summed E-state index contributed by atoms with van der Waals surface area (Å²) in [6.07, 6.45) is 8.76. The first-order valence-corrected chi connectivity index (χ1v) is 7.98. The first-order valence-electron chi connectivity index (χ1n) is 7.98. The molecule has 4 heterocycles. The summed E-state index contributed by atoms with van der Waals surface area (Å²) in [5.74, 6) is 1.83. The number of piperazine rings is 1. The van der Waals surface area contributed by atoms with Gasteiger partial charge in [0.2, 0.25) is 0 Å². The number of pyridine rings is 1. The molecule has 0 atom stereocenters. The standard InChI is InChI=1S/C17H18N6O/c1-3-18-4-2-14(1)16-11-15(24-21-16)13-22-7-9-23(10-8-22)17-12-19-5-6-20-17/h1-6,11-12H,7-10,13H2. The van der Waals surface area contributed by atoms with E-state index in [2.05, 4.69) is 29.9 Å². The fourth-order valence-corrected chi connectivity index (χ4v) is 2.86. The minimum absolute atomic E-state index is 0.770. The lowest BCUT2D eigenvalue weighted by atomic mass is 10.2. The second-order valence-electron chi connectivity index (χ2n) is 5.74. The van der Waals surface area contributed by atoms with Gasteiger partial charge in [0, 0.05) is 62.6 Å². The van der Waals surface area contributed by atoms with Crippen molar-refractivity contribution in [1.82, 2.24) is 25.0 Å². The van der Waals surface area contributed by atoms with Crippen molar-refractivity contribution >= 4 is 5.82 Å². The van der Waals surface area contributed by atoms with Crippen molar-refractivity contribution in [2.75, 3.05) is 31.1 Å². The molecule has 0 N–H and O–H groups in total. The van der Waals surface area contributed by atoms with Crippen molar-refractivity contribution in [2.24, 2.45) is 0 Å². The van der Waals surface area contributed by atoms with Gasteiger partial charge in [-0.15, -0.1) is 0 Å². The lowest BCUT2D eigenvalue weighted by molar-refractivity contribution is 0.219. The highest BCUT2D eigenvalue weighted by Gasteiger charge is 2.19. The van der Waals surface area contributed by atoms with E-state index < -0.39 is 0 Å². The van der Waals surface area contributed by atoms with Gasteiger partial charge in [-0.1, -0.05) is 5.16 Å². The number of nitrogens with zero attached hydrogens (tertiary/aromatic N) is 6. The van der Waals surface area contributed by atoms with Crippen molar-refractivity contribution in [3.05, 3.63) is 54.9 Å². The van der Waals surface area contributed by atoms with Crippen LogP contribution >= 0.6 is 0 Å². The van der Waals surface area contributed by atoms with E-state index in [1.807, 2.05) is 24.4 Å². The van der Waals surface area contributed by atoms with Crippen molar-refractivity contribution in [1.29, 1.82) is 0 Å². The van der Waals surface area contributed by atoms with Crippen LogP contribution in [-0.4, -0.2) is 51.2 Å². The third-order valence-electron chi connectivity index (χ3n) is 4.16. The van der Waals surface area contributed by atoms with Crippen LogP contribution in [-0.2, 0) is 6.54 Å². The summed E-state index contributed by atoms with van der Waals surface area (Å²) in [6.45, 7) is 4.56. The molecule has 0 saturated carbocycles. The van der Waals surface area contributed by atoms with Gasteiger partial charge < -0.3 is 9.42 Å². The number of hydrogen-bond acceptors (Lipinski definition) is 7. The summed E-state index contributed by atoms with van der Waals surface area (Å²) in [6, 6.07) is 5.87. The molecule has 1 aliphatic heterocycles. The molecular weight excluding hydrogens is 304 g/mol. The third-order valence-corrected chi connectivity index (χ3v) is 4.16. The van der Waals surface area contributed by atoms with Gasteiger partial charge in [0.05, 0.1) is 12.7 Å². The molecule has 1 fully saturated rings. The summed E-state index contributed by atoms with van der Waals surface area (Å²) in [5, 5.41) is 4.16. The highest BCUT2D eigenvalue weighted by molar-refractivity contribution is 5.57. The van der Waals surface area contributed by atoms with E-state index in [1.54, 1.807) is 24.8 Å². The summed E-state index contributed by atoms with van der Waals surface area (Å²) in [7, 11) is 0. The molecule has 0 spiro atoms. The molecule has 122 valence electrons. The first kappa shape index (κ1) is 14.8. The van der Waals surface area contributed by atoms with Crippen LogP contribution in [0, 0.1) is 0 Å². The molecule has 7 heteroatoms. The molecule has 7 nitrogen and oxygen atoms in total. The quantitative estimate of drug-likeness (QED) is 0.726. The maximum atomic E-state index is 5.49. The summed E-state index contributed by atoms with van der Waals surface area (Å²) < 4.78 is 5.49. The highest BCUT2D eigenvalue weighted by atomic mass is 16.5. The molecule has 0 bridgehead atoms.